The van der Waals surface area contributed by atoms with Gasteiger partial charge in [0.05, 0.1) is 32.3 Å². The van der Waals surface area contributed by atoms with Crippen molar-refractivity contribution >= 4 is 80.7 Å². The molecule has 0 aromatic carbocycles. The predicted molar refractivity (Wildman–Crippen MR) is 142 cm³/mol. The minimum absolute atomic E-state index is 0.0258. The topological polar surface area (TPSA) is 267 Å². The Hall–Kier alpha value is -1.25. The molecule has 18 heteroatoms. The Kier molecular flexibility index (Phi) is 41.9. The number of carboxylic acids is 4. The van der Waals surface area contributed by atoms with Crippen molar-refractivity contribution in [3.8, 4) is 0 Å². The van der Waals surface area contributed by atoms with Gasteiger partial charge in [-0.3, -0.25) is 19.2 Å². The van der Waals surface area contributed by atoms with Gasteiger partial charge >= 0.3 is 23.9 Å². The van der Waals surface area contributed by atoms with Crippen molar-refractivity contribution in [1.29, 1.82) is 0 Å². The minimum Gasteiger partial charge on any atom is -0.481 e. The molecule has 9 N–H and O–H groups in total. The number of carboxylic acid groups (broad SMARTS) is 4. The van der Waals surface area contributed by atoms with Crippen molar-refractivity contribution in [3.05, 3.63) is 0 Å². The maximum absolute atomic E-state index is 9.90. The third-order valence-corrected chi connectivity index (χ3v) is 3.62. The molecule has 0 spiro atoms. The minimum atomic E-state index is -1.79. The van der Waals surface area contributed by atoms with Crippen LogP contribution in [0.2, 0.25) is 0 Å². The van der Waals surface area contributed by atoms with Crippen LogP contribution >= 0.6 is 50.5 Å². The first-order chi connectivity index (χ1) is 16.6. The summed E-state index contributed by atoms with van der Waals surface area (Å²) in [6.45, 7) is -0.760. The lowest BCUT2D eigenvalue weighted by atomic mass is 10.0. The molecule has 0 aromatic rings. The van der Waals surface area contributed by atoms with Crippen molar-refractivity contribution in [2.24, 2.45) is 0 Å². The van der Waals surface area contributed by atoms with Crippen molar-refractivity contribution in [1.82, 2.24) is 0 Å². The Morgan fingerprint density at radius 3 is 0.944 bits per heavy atom. The number of rotatable bonds is 13. The molecule has 0 aromatic heterocycles. The van der Waals surface area contributed by atoms with E-state index in [9.17, 15) is 24.0 Å². The van der Waals surface area contributed by atoms with E-state index in [-0.39, 0.29) is 32.0 Å². The number of hydrogen-bond donors (Lipinski definition) is 13. The molecule has 0 amide bonds. The van der Waals surface area contributed by atoms with E-state index in [1.165, 1.54) is 0 Å². The van der Waals surface area contributed by atoms with Gasteiger partial charge in [0.15, 0.2) is 6.29 Å². The van der Waals surface area contributed by atoms with E-state index in [0.717, 1.165) is 0 Å². The van der Waals surface area contributed by atoms with Crippen LogP contribution in [0.1, 0.15) is 25.7 Å². The quantitative estimate of drug-likeness (QED) is 0.0815. The molecule has 0 aliphatic carbocycles. The molecule has 4 atom stereocenters. The Balaban J connectivity index is -0.000000116. The van der Waals surface area contributed by atoms with E-state index < -0.39 is 54.9 Å². The Morgan fingerprint density at radius 1 is 0.583 bits per heavy atom. The lowest BCUT2D eigenvalue weighted by molar-refractivity contribution is -0.137. The predicted octanol–water partition coefficient (Wildman–Crippen LogP) is -1.82. The molecule has 0 fully saturated rings. The smallest absolute Gasteiger partial charge is 0.304 e. The van der Waals surface area contributed by atoms with Crippen LogP contribution in [0.5, 0.6) is 0 Å². The Morgan fingerprint density at radius 2 is 0.833 bits per heavy atom. The average Bonchev–Trinajstić information content (AvgIpc) is 2.78. The van der Waals surface area contributed by atoms with Gasteiger partial charge in [-0.25, -0.2) is 0 Å². The first-order valence-corrected chi connectivity index (χ1v) is 12.2. The summed E-state index contributed by atoms with van der Waals surface area (Å²) in [5.74, 6) is -1.44. The number of carbonyl (C=O) groups excluding carboxylic acids is 1. The van der Waals surface area contributed by atoms with Gasteiger partial charge in [-0.2, -0.15) is 50.5 Å². The van der Waals surface area contributed by atoms with E-state index >= 15 is 0 Å². The average molecular weight is 605 g/mol. The second-order valence-corrected chi connectivity index (χ2v) is 7.62. The summed E-state index contributed by atoms with van der Waals surface area (Å²) in [5, 5.41) is 75.0. The number of aldehydes is 1. The fourth-order valence-electron chi connectivity index (χ4n) is 1.00. The summed E-state index contributed by atoms with van der Waals surface area (Å²) < 4.78 is 0. The number of carbonyl (C=O) groups is 5. The van der Waals surface area contributed by atoms with Crippen LogP contribution in [0.4, 0.5) is 0 Å². The monoisotopic (exact) mass is 604 g/mol. The molecule has 0 saturated carbocycles. The van der Waals surface area contributed by atoms with Crippen molar-refractivity contribution in [3.63, 3.8) is 0 Å². The van der Waals surface area contributed by atoms with Gasteiger partial charge in [0.1, 0.15) is 24.4 Å². The number of hydrogen-bond acceptors (Lipinski definition) is 14. The van der Waals surface area contributed by atoms with E-state index in [1.54, 1.807) is 0 Å². The summed E-state index contributed by atoms with van der Waals surface area (Å²) in [5.41, 5.74) is 0. The van der Waals surface area contributed by atoms with Crippen LogP contribution in [0, 0.1) is 0 Å². The molecule has 0 bridgehead atoms. The lowest BCUT2D eigenvalue weighted by Crippen LogP contribution is -2.46. The zero-order chi connectivity index (χ0) is 29.7. The number of aliphatic carboxylic acids is 4. The fourth-order valence-corrected chi connectivity index (χ4v) is 1.77. The second kappa shape index (κ2) is 33.8. The normalized spacial score (nSPS) is 12.5. The van der Waals surface area contributed by atoms with Crippen LogP contribution in [-0.4, -0.2) is 130 Å². The van der Waals surface area contributed by atoms with E-state index in [0.29, 0.717) is 23.0 Å². The van der Waals surface area contributed by atoms with E-state index in [2.05, 4.69) is 50.5 Å². The van der Waals surface area contributed by atoms with E-state index in [1.807, 2.05) is 0 Å². The standard InChI is InChI=1S/C6H12O6.4C3H6O2S/c7-1-3(9)5(11)6(12)4(10)2-8;4*4-3(5)1-2-6/h1,3-6,8-12H,2H2;4*6H,1-2H2,(H,4,5)/t3-,4+,5+,6+;;;;/m0..../s1. The summed E-state index contributed by atoms with van der Waals surface area (Å²) in [4.78, 5) is 48.1. The molecule has 0 radical (unpaired) electrons. The molecular formula is C18H36O14S4. The van der Waals surface area contributed by atoms with Gasteiger partial charge in [-0.05, 0) is 0 Å². The molecule has 0 saturated heterocycles. The molecule has 0 aliphatic heterocycles. The van der Waals surface area contributed by atoms with Gasteiger partial charge in [-0.15, -0.1) is 0 Å². The number of thiol groups is 4. The number of aliphatic hydroxyl groups excluding tert-OH is 5. The van der Waals surface area contributed by atoms with Crippen LogP contribution in [0.3, 0.4) is 0 Å². The second-order valence-electron chi connectivity index (χ2n) is 5.83. The highest BCUT2D eigenvalue weighted by atomic mass is 32.1. The van der Waals surface area contributed by atoms with Gasteiger partial charge in [0.2, 0.25) is 0 Å². The van der Waals surface area contributed by atoms with Gasteiger partial charge in [0.25, 0.3) is 0 Å². The van der Waals surface area contributed by atoms with Crippen molar-refractivity contribution in [2.45, 2.75) is 50.1 Å². The zero-order valence-corrected chi connectivity index (χ0v) is 22.7. The molecule has 0 aliphatic rings. The van der Waals surface area contributed by atoms with Crippen molar-refractivity contribution in [2.75, 3.05) is 29.6 Å². The Bertz CT molecular complexity index is 504. The third kappa shape index (κ3) is 46.1. The molecule has 14 nitrogen and oxygen atoms in total. The SMILES string of the molecule is O=C(O)CCS.O=C(O)CCS.O=C(O)CCS.O=C(O)CCS.O=C[C@H](O)[C@@H](O)[C@H](O)[C@H](O)CO. The highest BCUT2D eigenvalue weighted by Crippen LogP contribution is 2.02. The van der Waals surface area contributed by atoms with Crippen LogP contribution < -0.4 is 0 Å². The van der Waals surface area contributed by atoms with Crippen LogP contribution in [-0.2, 0) is 24.0 Å². The molecule has 0 unspecified atom stereocenters. The van der Waals surface area contributed by atoms with Gasteiger partial charge < -0.3 is 50.8 Å². The summed E-state index contributed by atoms with van der Waals surface area (Å²) in [6, 6.07) is 0. The summed E-state index contributed by atoms with van der Waals surface area (Å²) in [6.07, 6.45) is -6.22. The maximum atomic E-state index is 9.90. The first-order valence-electron chi connectivity index (χ1n) is 9.72. The van der Waals surface area contributed by atoms with Gasteiger partial charge in [0, 0.05) is 23.0 Å². The fraction of sp³-hybridized carbons (Fsp3) is 0.722. The Labute approximate surface area is 230 Å². The first kappa shape index (κ1) is 44.7. The summed E-state index contributed by atoms with van der Waals surface area (Å²) in [7, 11) is 0. The van der Waals surface area contributed by atoms with Gasteiger partial charge in [-0.1, -0.05) is 0 Å². The molecule has 216 valence electrons. The molecule has 0 rings (SSSR count). The molecule has 36 heavy (non-hydrogen) atoms. The maximum Gasteiger partial charge on any atom is 0.304 e. The van der Waals surface area contributed by atoms with Crippen LogP contribution in [0.15, 0.2) is 0 Å². The van der Waals surface area contributed by atoms with Crippen LogP contribution in [0.25, 0.3) is 0 Å². The highest BCUT2D eigenvalue weighted by molar-refractivity contribution is 7.80. The highest BCUT2D eigenvalue weighted by Gasteiger charge is 2.29. The zero-order valence-electron chi connectivity index (χ0n) is 19.1. The number of aliphatic hydroxyl groups is 5. The van der Waals surface area contributed by atoms with Crippen molar-refractivity contribution < 1.29 is 69.9 Å². The summed E-state index contributed by atoms with van der Waals surface area (Å²) >= 11 is 14.7. The largest absolute Gasteiger partial charge is 0.481 e. The molecule has 0 heterocycles. The molecular weight excluding hydrogens is 568 g/mol. The lowest BCUT2D eigenvalue weighted by Gasteiger charge is -2.22. The third-order valence-electron chi connectivity index (χ3n) is 2.72. The van der Waals surface area contributed by atoms with E-state index in [4.69, 9.17) is 46.0 Å².